The number of anilines is 2. The Morgan fingerprint density at radius 2 is 2.00 bits per heavy atom. The van der Waals surface area contributed by atoms with Crippen LogP contribution in [0.1, 0.15) is 12.5 Å². The molecule has 0 spiro atoms. The van der Waals surface area contributed by atoms with Crippen LogP contribution in [0.2, 0.25) is 0 Å². The molecule has 2 aromatic carbocycles. The van der Waals surface area contributed by atoms with E-state index in [2.05, 4.69) is 27.3 Å². The molecule has 0 aromatic heterocycles. The summed E-state index contributed by atoms with van der Waals surface area (Å²) in [6.45, 7) is 2.60. The van der Waals surface area contributed by atoms with Gasteiger partial charge >= 0.3 is 0 Å². The Labute approximate surface area is 121 Å². The molecule has 4 heteroatoms. The number of nitrogens with zero attached hydrogens (tertiary/aromatic N) is 1. The first-order chi connectivity index (χ1) is 9.22. The summed E-state index contributed by atoms with van der Waals surface area (Å²) in [5, 5.41) is 12.2. The molecule has 0 saturated heterocycles. The summed E-state index contributed by atoms with van der Waals surface area (Å²) in [5.41, 5.74) is 2.48. The Balaban J connectivity index is 2.19. The average molecular weight is 317 g/mol. The third-order valence-electron chi connectivity index (χ3n) is 2.52. The second-order valence-electron chi connectivity index (χ2n) is 3.89. The quantitative estimate of drug-likeness (QED) is 0.905. The van der Waals surface area contributed by atoms with E-state index in [0.29, 0.717) is 12.2 Å². The number of hydrogen-bond acceptors (Lipinski definition) is 3. The topological polar surface area (TPSA) is 45.0 Å². The van der Waals surface area contributed by atoms with Gasteiger partial charge in [0.15, 0.2) is 0 Å². The highest BCUT2D eigenvalue weighted by atomic mass is 79.9. The van der Waals surface area contributed by atoms with Crippen molar-refractivity contribution in [3.05, 3.63) is 52.5 Å². The zero-order valence-corrected chi connectivity index (χ0v) is 12.1. The Kier molecular flexibility index (Phi) is 4.43. The average Bonchev–Trinajstić information content (AvgIpc) is 2.40. The molecule has 19 heavy (non-hydrogen) atoms. The summed E-state index contributed by atoms with van der Waals surface area (Å²) in [6.07, 6.45) is 0. The molecule has 0 amide bonds. The molecule has 0 radical (unpaired) electrons. The summed E-state index contributed by atoms with van der Waals surface area (Å²) in [4.78, 5) is 0. The number of nitrogens with one attached hydrogen (secondary N) is 1. The Morgan fingerprint density at radius 1 is 1.21 bits per heavy atom. The van der Waals surface area contributed by atoms with Gasteiger partial charge in [-0.1, -0.05) is 6.07 Å². The third kappa shape index (κ3) is 3.49. The molecule has 96 valence electrons. The lowest BCUT2D eigenvalue weighted by Crippen LogP contribution is -1.94. The van der Waals surface area contributed by atoms with Gasteiger partial charge in [0.25, 0.3) is 0 Å². The van der Waals surface area contributed by atoms with E-state index in [9.17, 15) is 0 Å². The van der Waals surface area contributed by atoms with E-state index in [1.807, 2.05) is 43.3 Å². The van der Waals surface area contributed by atoms with Crippen molar-refractivity contribution < 1.29 is 4.74 Å². The SMILES string of the molecule is CCOc1cccc(Nc2ccc(C#N)c(Br)c2)c1. The van der Waals surface area contributed by atoms with Crippen LogP contribution in [0.5, 0.6) is 5.75 Å². The third-order valence-corrected chi connectivity index (χ3v) is 3.18. The zero-order chi connectivity index (χ0) is 13.7. The minimum absolute atomic E-state index is 0.619. The molecule has 3 nitrogen and oxygen atoms in total. The highest BCUT2D eigenvalue weighted by Gasteiger charge is 2.02. The van der Waals surface area contributed by atoms with Crippen LogP contribution in [0, 0.1) is 11.3 Å². The van der Waals surface area contributed by atoms with Gasteiger partial charge in [0.2, 0.25) is 0 Å². The summed E-state index contributed by atoms with van der Waals surface area (Å²) >= 11 is 3.37. The molecular weight excluding hydrogens is 304 g/mol. The first-order valence-corrected chi connectivity index (χ1v) is 6.71. The van der Waals surface area contributed by atoms with Gasteiger partial charge in [-0.3, -0.25) is 0 Å². The predicted octanol–water partition coefficient (Wildman–Crippen LogP) is 4.46. The summed E-state index contributed by atoms with van der Waals surface area (Å²) in [6, 6.07) is 15.4. The minimum atomic E-state index is 0.619. The zero-order valence-electron chi connectivity index (χ0n) is 10.5. The van der Waals surface area contributed by atoms with Gasteiger partial charge in [-0.25, -0.2) is 0 Å². The van der Waals surface area contributed by atoms with E-state index in [4.69, 9.17) is 10.00 Å². The van der Waals surface area contributed by atoms with Crippen LogP contribution in [0.4, 0.5) is 11.4 Å². The molecule has 0 unspecified atom stereocenters. The van der Waals surface area contributed by atoms with Crippen LogP contribution >= 0.6 is 15.9 Å². The van der Waals surface area contributed by atoms with Gasteiger partial charge in [-0.05, 0) is 53.2 Å². The van der Waals surface area contributed by atoms with Gasteiger partial charge in [0, 0.05) is 21.9 Å². The number of ether oxygens (including phenoxy) is 1. The molecule has 0 atom stereocenters. The minimum Gasteiger partial charge on any atom is -0.494 e. The van der Waals surface area contributed by atoms with Crippen molar-refractivity contribution in [3.63, 3.8) is 0 Å². The highest BCUT2D eigenvalue weighted by molar-refractivity contribution is 9.10. The largest absolute Gasteiger partial charge is 0.494 e. The fourth-order valence-corrected chi connectivity index (χ4v) is 2.15. The molecule has 2 rings (SSSR count). The van der Waals surface area contributed by atoms with Crippen molar-refractivity contribution in [3.8, 4) is 11.8 Å². The maximum absolute atomic E-state index is 8.88. The molecule has 0 fully saturated rings. The predicted molar refractivity (Wildman–Crippen MR) is 79.8 cm³/mol. The molecule has 0 aliphatic rings. The number of rotatable bonds is 4. The van der Waals surface area contributed by atoms with Crippen LogP contribution in [-0.4, -0.2) is 6.61 Å². The summed E-state index contributed by atoms with van der Waals surface area (Å²) in [7, 11) is 0. The second kappa shape index (κ2) is 6.26. The molecule has 0 aliphatic carbocycles. The normalized spacial score (nSPS) is 9.74. The van der Waals surface area contributed by atoms with Gasteiger partial charge < -0.3 is 10.1 Å². The van der Waals surface area contributed by atoms with Crippen LogP contribution in [0.25, 0.3) is 0 Å². The first-order valence-electron chi connectivity index (χ1n) is 5.92. The van der Waals surface area contributed by atoms with Crippen molar-refractivity contribution in [2.24, 2.45) is 0 Å². The maximum Gasteiger partial charge on any atom is 0.121 e. The van der Waals surface area contributed by atoms with Crippen LogP contribution in [0.3, 0.4) is 0 Å². The Bertz CT molecular complexity index is 620. The lowest BCUT2D eigenvalue weighted by atomic mass is 10.2. The lowest BCUT2D eigenvalue weighted by molar-refractivity contribution is 0.340. The van der Waals surface area contributed by atoms with Crippen LogP contribution in [0.15, 0.2) is 46.9 Å². The molecular formula is C15H13BrN2O. The highest BCUT2D eigenvalue weighted by Crippen LogP contribution is 2.25. The van der Waals surface area contributed by atoms with Gasteiger partial charge in [-0.2, -0.15) is 5.26 Å². The number of benzene rings is 2. The number of hydrogen-bond donors (Lipinski definition) is 1. The summed E-state index contributed by atoms with van der Waals surface area (Å²) in [5.74, 6) is 0.834. The molecule has 0 bridgehead atoms. The van der Waals surface area contributed by atoms with Crippen molar-refractivity contribution in [1.29, 1.82) is 5.26 Å². The van der Waals surface area contributed by atoms with E-state index in [1.165, 1.54) is 0 Å². The van der Waals surface area contributed by atoms with E-state index in [0.717, 1.165) is 21.6 Å². The smallest absolute Gasteiger partial charge is 0.121 e. The lowest BCUT2D eigenvalue weighted by Gasteiger charge is -2.09. The fraction of sp³-hybridized carbons (Fsp3) is 0.133. The van der Waals surface area contributed by atoms with Gasteiger partial charge in [0.1, 0.15) is 11.8 Å². The second-order valence-corrected chi connectivity index (χ2v) is 4.75. The summed E-state index contributed by atoms with van der Waals surface area (Å²) < 4.78 is 6.23. The van der Waals surface area contributed by atoms with Gasteiger partial charge in [-0.15, -0.1) is 0 Å². The van der Waals surface area contributed by atoms with Crippen molar-refractivity contribution in [1.82, 2.24) is 0 Å². The van der Waals surface area contributed by atoms with E-state index < -0.39 is 0 Å². The monoisotopic (exact) mass is 316 g/mol. The Morgan fingerprint density at radius 3 is 2.68 bits per heavy atom. The number of halogens is 1. The van der Waals surface area contributed by atoms with Crippen LogP contribution in [-0.2, 0) is 0 Å². The first kappa shape index (κ1) is 13.4. The molecule has 0 saturated carbocycles. The van der Waals surface area contributed by atoms with Crippen LogP contribution < -0.4 is 10.1 Å². The van der Waals surface area contributed by atoms with E-state index in [-0.39, 0.29) is 0 Å². The molecule has 0 heterocycles. The number of nitriles is 1. The van der Waals surface area contributed by atoms with E-state index in [1.54, 1.807) is 6.07 Å². The van der Waals surface area contributed by atoms with Crippen molar-refractivity contribution in [2.45, 2.75) is 6.92 Å². The van der Waals surface area contributed by atoms with Gasteiger partial charge in [0.05, 0.1) is 12.2 Å². The molecule has 1 N–H and O–H groups in total. The van der Waals surface area contributed by atoms with Crippen molar-refractivity contribution in [2.75, 3.05) is 11.9 Å². The van der Waals surface area contributed by atoms with Crippen molar-refractivity contribution >= 4 is 27.3 Å². The molecule has 2 aromatic rings. The maximum atomic E-state index is 8.88. The van der Waals surface area contributed by atoms with E-state index >= 15 is 0 Å². The molecule has 0 aliphatic heterocycles. The Hall–Kier alpha value is -1.99. The fourth-order valence-electron chi connectivity index (χ4n) is 1.68. The standard InChI is InChI=1S/C15H13BrN2O/c1-2-19-14-5-3-4-12(8-14)18-13-7-6-11(10-17)15(16)9-13/h3-9,18H,2H2,1H3.